The van der Waals surface area contributed by atoms with Crippen molar-refractivity contribution >= 4 is 70.6 Å². The fraction of sp³-hybridized carbons (Fsp3) is 0. The predicted molar refractivity (Wildman–Crippen MR) is 187 cm³/mol. The average molecular weight is 620 g/mol. The maximum Gasteiger partial charge on any atom is 0.179 e. The average Bonchev–Trinajstić information content (AvgIpc) is 3.07. The van der Waals surface area contributed by atoms with Crippen molar-refractivity contribution in [1.29, 1.82) is 1.12 Å². The van der Waals surface area contributed by atoms with Gasteiger partial charge in [-0.2, -0.15) is 0 Å². The third-order valence-corrected chi connectivity index (χ3v) is 15.4. The van der Waals surface area contributed by atoms with Gasteiger partial charge in [0, 0.05) is 15.9 Å². The van der Waals surface area contributed by atoms with E-state index in [-0.39, 0.29) is 0 Å². The van der Waals surface area contributed by atoms with Crippen molar-refractivity contribution < 1.29 is 8.77 Å². The Morgan fingerprint density at radius 3 is 1.00 bits per heavy atom. The number of hydrogen-bond acceptors (Lipinski definition) is 3. The van der Waals surface area contributed by atoms with E-state index in [0.717, 1.165) is 15.9 Å². The first kappa shape index (κ1) is 28.3. The molecule has 0 aliphatic rings. The Bertz CT molecular complexity index is 1720. The van der Waals surface area contributed by atoms with E-state index < -0.39 is 26.0 Å². The number of rotatable bonds is 7. The molecule has 6 rings (SSSR count). The Kier molecular flexibility index (Phi) is 9.39. The molecule has 6 aromatic rings. The van der Waals surface area contributed by atoms with Gasteiger partial charge in [-0.15, -0.1) is 0 Å². The second-order valence-electron chi connectivity index (χ2n) is 9.76. The number of benzene rings is 6. The topological polar surface area (TPSA) is 34.1 Å². The third kappa shape index (κ3) is 5.77. The number of hydrogen-bond donors (Lipinski definition) is 0. The zero-order valence-corrected chi connectivity index (χ0v) is 26.6. The molecule has 0 radical (unpaired) electrons. The Labute approximate surface area is 255 Å². The maximum absolute atomic E-state index is 15.0. The molecular weight excluding hydrogens is 586 g/mol. The van der Waals surface area contributed by atoms with Crippen LogP contribution in [0.3, 0.4) is 0 Å². The van der Waals surface area contributed by atoms with Gasteiger partial charge in [0.25, 0.3) is 0 Å². The summed E-state index contributed by atoms with van der Waals surface area (Å²) in [5, 5.41) is 7.78. The summed E-state index contributed by atoms with van der Waals surface area (Å²) >= 11 is 0. The van der Waals surface area contributed by atoms with Gasteiger partial charge in [-0.25, -0.2) is 8.02 Å². The van der Waals surface area contributed by atoms with Crippen LogP contribution in [0.15, 0.2) is 176 Å². The predicted octanol–water partition coefficient (Wildman–Crippen LogP) is 4.91. The van der Waals surface area contributed by atoms with E-state index in [1.54, 1.807) is 0 Å². The van der Waals surface area contributed by atoms with Crippen LogP contribution < -0.4 is 36.7 Å². The molecule has 0 unspecified atom stereocenters. The fourth-order valence-electron chi connectivity index (χ4n) is 5.71. The molecule has 6 aromatic carbocycles. The lowest BCUT2D eigenvalue weighted by molar-refractivity contribution is 0.592. The SMILES string of the molecule is O=P(c1ccccc1)(c1ccccc1)c1ccc([Si](c2ccccc2)(c2ccccc2)c2ccccc2)cc1.[3H][S-](=O)=P. The molecule has 208 valence electrons. The van der Waals surface area contributed by atoms with Crippen molar-refractivity contribution in [2.45, 2.75) is 0 Å². The molecule has 0 heterocycles. The minimum atomic E-state index is -3.05. The van der Waals surface area contributed by atoms with E-state index in [9.17, 15) is 0 Å². The molecule has 0 bridgehead atoms. The van der Waals surface area contributed by atoms with Crippen molar-refractivity contribution in [3.8, 4) is 0 Å². The molecule has 0 aromatic heterocycles. The van der Waals surface area contributed by atoms with Crippen LogP contribution in [0, 0.1) is 0 Å². The molecule has 0 saturated heterocycles. The Morgan fingerprint density at radius 1 is 0.452 bits per heavy atom. The van der Waals surface area contributed by atoms with Crippen LogP contribution in [0.1, 0.15) is 0 Å². The lowest BCUT2D eigenvalue weighted by Gasteiger charge is -2.34. The van der Waals surface area contributed by atoms with Crippen molar-refractivity contribution in [1.82, 2.24) is 0 Å². The Balaban J connectivity index is 0.000000868. The van der Waals surface area contributed by atoms with Gasteiger partial charge in [-0.05, 0) is 20.7 Å². The van der Waals surface area contributed by atoms with Gasteiger partial charge in [0.15, 0.2) is 15.2 Å². The van der Waals surface area contributed by atoms with E-state index >= 15 is 4.57 Å². The van der Waals surface area contributed by atoms with E-state index in [0.29, 0.717) is 0 Å². The fourth-order valence-corrected chi connectivity index (χ4v) is 13.1. The molecule has 0 fully saturated rings. The van der Waals surface area contributed by atoms with Gasteiger partial charge >= 0.3 is 0 Å². The minimum absolute atomic E-state index is 0.848. The first-order valence-corrected chi connectivity index (χ1v) is 19.3. The smallest absolute Gasteiger partial charge is 0.179 e. The Morgan fingerprint density at radius 2 is 0.690 bits per heavy atom. The summed E-state index contributed by atoms with van der Waals surface area (Å²) in [5.74, 6) is 0. The molecule has 0 N–H and O–H groups in total. The van der Waals surface area contributed by atoms with Gasteiger partial charge in [-0.1, -0.05) is 177 Å². The molecule has 2 nitrogen and oxygen atoms in total. The highest BCUT2D eigenvalue weighted by Crippen LogP contribution is 2.42. The highest BCUT2D eigenvalue weighted by Gasteiger charge is 2.41. The first-order chi connectivity index (χ1) is 21.0. The van der Waals surface area contributed by atoms with Gasteiger partial charge in [0.05, 0.1) is 0 Å². The summed E-state index contributed by atoms with van der Waals surface area (Å²) in [6.07, 6.45) is 0. The van der Waals surface area contributed by atoms with Crippen LogP contribution in [-0.4, -0.2) is 9.20 Å². The second kappa shape index (κ2) is 13.9. The van der Waals surface area contributed by atoms with Crippen molar-refractivity contribution in [2.75, 3.05) is 0 Å². The van der Waals surface area contributed by atoms with Crippen LogP contribution in [-0.2, 0) is 19.5 Å². The standard InChI is InChI=1S/C36H29OPSi.H2OPS/c37-38(30-16-6-1-7-17-30,31-18-8-2-9-19-31)32-26-28-36(29-27-32)39(33-20-10-3-11-21-33,34-22-12-4-13-23-34)35-24-14-5-15-25-35;1-3-2/h1-29H;2-3H/q;-1/i;3T. The van der Waals surface area contributed by atoms with Gasteiger partial charge in [0.1, 0.15) is 0 Å². The molecule has 6 heteroatoms. The van der Waals surface area contributed by atoms with Crippen LogP contribution >= 0.6 is 15.2 Å². The van der Waals surface area contributed by atoms with Crippen LogP contribution in [0.4, 0.5) is 0 Å². The molecule has 42 heavy (non-hydrogen) atoms. The normalized spacial score (nSPS) is 11.7. The highest BCUT2D eigenvalue weighted by atomic mass is 32.4. The zero-order chi connectivity index (χ0) is 30.1. The molecule has 0 spiro atoms. The number of thiol groups is 1. The van der Waals surface area contributed by atoms with E-state index in [1.165, 1.54) is 20.7 Å². The van der Waals surface area contributed by atoms with Crippen molar-refractivity contribution in [2.24, 2.45) is 0 Å². The molecule has 0 aliphatic heterocycles. The summed E-state index contributed by atoms with van der Waals surface area (Å²) in [6, 6.07) is 61.1. The minimum Gasteiger partial charge on any atom is -0.460 e. The summed E-state index contributed by atoms with van der Waals surface area (Å²) in [4.78, 5) is 0. The van der Waals surface area contributed by atoms with Gasteiger partial charge in [-0.3, -0.25) is 10.7 Å². The lowest BCUT2D eigenvalue weighted by Crippen LogP contribution is -2.74. The molecule has 0 saturated carbocycles. The van der Waals surface area contributed by atoms with E-state index in [1.807, 2.05) is 60.7 Å². The van der Waals surface area contributed by atoms with Crippen LogP contribution in [0.5, 0.6) is 0 Å². The molecular formula is C36H31O2P2SSi-. The largest absolute Gasteiger partial charge is 0.460 e. The second-order valence-corrected chi connectivity index (χ2v) is 17.0. The molecule has 0 atom stereocenters. The summed E-state index contributed by atoms with van der Waals surface area (Å²) < 4.78 is 30.1. The van der Waals surface area contributed by atoms with Crippen molar-refractivity contribution in [3.63, 3.8) is 0 Å². The first-order valence-electron chi connectivity index (χ1n) is 14.0. The van der Waals surface area contributed by atoms with Gasteiger partial charge < -0.3 is 8.77 Å². The third-order valence-electron chi connectivity index (χ3n) is 7.52. The van der Waals surface area contributed by atoms with Crippen LogP contribution in [0.25, 0.3) is 0 Å². The van der Waals surface area contributed by atoms with Crippen molar-refractivity contribution in [3.05, 3.63) is 176 Å². The summed E-state index contributed by atoms with van der Waals surface area (Å²) in [6.45, 7) is 0. The zero-order valence-electron chi connectivity index (χ0n) is 23.9. The van der Waals surface area contributed by atoms with Gasteiger partial charge in [0.2, 0.25) is 0 Å². The maximum atomic E-state index is 15.0. The summed E-state index contributed by atoms with van der Waals surface area (Å²) in [5.41, 5.74) is 0. The van der Waals surface area contributed by atoms with E-state index in [2.05, 4.69) is 123 Å². The lowest BCUT2D eigenvalue weighted by atomic mass is 10.3. The molecule has 0 aliphatic carbocycles. The van der Waals surface area contributed by atoms with Crippen LogP contribution in [0.2, 0.25) is 0 Å². The highest BCUT2D eigenvalue weighted by molar-refractivity contribution is 7.93. The molecule has 0 amide bonds. The quantitative estimate of drug-likeness (QED) is 0.0838. The van der Waals surface area contributed by atoms with E-state index in [4.69, 9.17) is 5.33 Å². The monoisotopic (exact) mass is 619 g/mol. The summed E-state index contributed by atoms with van der Waals surface area (Å²) in [7, 11) is -4.78. The Hall–Kier alpha value is -3.78.